The monoisotopic (exact) mass is 239 g/mol. The number of hydrogen-bond donors (Lipinski definition) is 1. The number of aromatic nitrogens is 1. The lowest BCUT2D eigenvalue weighted by Crippen LogP contribution is -2.14. The third kappa shape index (κ3) is 3.69. The van der Waals surface area contributed by atoms with Crippen molar-refractivity contribution in [2.75, 3.05) is 18.5 Å². The molecular formula is C11H14ClN3O. The average molecular weight is 240 g/mol. The van der Waals surface area contributed by atoms with E-state index in [0.717, 1.165) is 0 Å². The van der Waals surface area contributed by atoms with Gasteiger partial charge in [-0.1, -0.05) is 11.6 Å². The van der Waals surface area contributed by atoms with Crippen LogP contribution in [0.4, 0.5) is 5.82 Å². The molecule has 0 bridgehead atoms. The van der Waals surface area contributed by atoms with Gasteiger partial charge in [-0.25, -0.2) is 4.98 Å². The molecule has 0 unspecified atom stereocenters. The molecule has 0 atom stereocenters. The SMILES string of the molecule is CC(C)OCCNc1nccc(C#N)c1Cl. The summed E-state index contributed by atoms with van der Waals surface area (Å²) in [6.45, 7) is 5.13. The van der Waals surface area contributed by atoms with Crippen molar-refractivity contribution in [3.8, 4) is 6.07 Å². The molecule has 0 aromatic carbocycles. The van der Waals surface area contributed by atoms with E-state index >= 15 is 0 Å². The second kappa shape index (κ2) is 6.31. The van der Waals surface area contributed by atoms with Crippen molar-refractivity contribution >= 4 is 17.4 Å². The van der Waals surface area contributed by atoms with Gasteiger partial charge in [-0.15, -0.1) is 0 Å². The Hall–Kier alpha value is -1.31. The molecule has 0 aliphatic rings. The Labute approximate surface area is 100 Å². The molecule has 0 amide bonds. The molecule has 0 aliphatic carbocycles. The molecule has 0 fully saturated rings. The molecule has 4 nitrogen and oxygen atoms in total. The molecule has 1 rings (SSSR count). The van der Waals surface area contributed by atoms with Crippen LogP contribution >= 0.6 is 11.6 Å². The van der Waals surface area contributed by atoms with E-state index in [1.807, 2.05) is 19.9 Å². The summed E-state index contributed by atoms with van der Waals surface area (Å²) in [5.74, 6) is 0.521. The third-order valence-corrected chi connectivity index (χ3v) is 2.24. The first kappa shape index (κ1) is 12.8. The minimum atomic E-state index is 0.204. The zero-order valence-electron chi connectivity index (χ0n) is 9.33. The van der Waals surface area contributed by atoms with Crippen LogP contribution < -0.4 is 5.32 Å². The second-order valence-electron chi connectivity index (χ2n) is 3.48. The summed E-state index contributed by atoms with van der Waals surface area (Å²) >= 11 is 5.96. The predicted molar refractivity (Wildman–Crippen MR) is 63.5 cm³/mol. The predicted octanol–water partition coefficient (Wildman–Crippen LogP) is 2.44. The van der Waals surface area contributed by atoms with Gasteiger partial charge in [0, 0.05) is 12.7 Å². The highest BCUT2D eigenvalue weighted by Gasteiger charge is 2.06. The molecule has 1 heterocycles. The van der Waals surface area contributed by atoms with Crippen LogP contribution in [0.1, 0.15) is 19.4 Å². The Morgan fingerprint density at radius 1 is 1.62 bits per heavy atom. The zero-order chi connectivity index (χ0) is 12.0. The maximum Gasteiger partial charge on any atom is 0.146 e. The van der Waals surface area contributed by atoms with Gasteiger partial charge >= 0.3 is 0 Å². The molecule has 0 aliphatic heterocycles. The highest BCUT2D eigenvalue weighted by Crippen LogP contribution is 2.22. The Morgan fingerprint density at radius 2 is 2.38 bits per heavy atom. The molecule has 0 radical (unpaired) electrons. The standard InChI is InChI=1S/C11H14ClN3O/c1-8(2)16-6-5-15-11-10(12)9(7-13)3-4-14-11/h3-4,8H,5-6H2,1-2H3,(H,14,15). The number of hydrogen-bond acceptors (Lipinski definition) is 4. The molecule has 1 N–H and O–H groups in total. The molecule has 16 heavy (non-hydrogen) atoms. The van der Waals surface area contributed by atoms with Gasteiger partial charge < -0.3 is 10.1 Å². The molecular weight excluding hydrogens is 226 g/mol. The van der Waals surface area contributed by atoms with Gasteiger partial charge in [0.05, 0.1) is 18.3 Å². The van der Waals surface area contributed by atoms with Crippen LogP contribution in [0.2, 0.25) is 5.02 Å². The highest BCUT2D eigenvalue weighted by molar-refractivity contribution is 6.34. The Morgan fingerprint density at radius 3 is 3.00 bits per heavy atom. The van der Waals surface area contributed by atoms with E-state index in [1.165, 1.54) is 0 Å². The maximum atomic E-state index is 8.77. The largest absolute Gasteiger partial charge is 0.377 e. The van der Waals surface area contributed by atoms with Gasteiger partial charge in [-0.3, -0.25) is 0 Å². The summed E-state index contributed by atoms with van der Waals surface area (Å²) in [6.07, 6.45) is 1.76. The van der Waals surface area contributed by atoms with Gasteiger partial charge in [0.1, 0.15) is 16.9 Å². The van der Waals surface area contributed by atoms with Crippen molar-refractivity contribution in [3.63, 3.8) is 0 Å². The van der Waals surface area contributed by atoms with E-state index in [2.05, 4.69) is 10.3 Å². The molecule has 1 aromatic heterocycles. The van der Waals surface area contributed by atoms with Gasteiger partial charge in [0.15, 0.2) is 0 Å². The van der Waals surface area contributed by atoms with Gasteiger partial charge in [-0.05, 0) is 19.9 Å². The Balaban J connectivity index is 2.52. The molecule has 0 saturated carbocycles. The summed E-state index contributed by atoms with van der Waals surface area (Å²) in [7, 11) is 0. The van der Waals surface area contributed by atoms with Crippen molar-refractivity contribution in [3.05, 3.63) is 22.8 Å². The van der Waals surface area contributed by atoms with Crippen molar-refractivity contribution in [1.82, 2.24) is 4.98 Å². The number of rotatable bonds is 5. The van der Waals surface area contributed by atoms with Gasteiger partial charge in [0.2, 0.25) is 0 Å². The lowest BCUT2D eigenvalue weighted by molar-refractivity contribution is 0.0870. The summed E-state index contributed by atoms with van der Waals surface area (Å²) in [5.41, 5.74) is 0.420. The number of nitrogens with zero attached hydrogens (tertiary/aromatic N) is 2. The van der Waals surface area contributed by atoms with E-state index in [9.17, 15) is 0 Å². The van der Waals surface area contributed by atoms with E-state index in [-0.39, 0.29) is 6.10 Å². The van der Waals surface area contributed by atoms with E-state index in [0.29, 0.717) is 29.6 Å². The minimum absolute atomic E-state index is 0.204. The third-order valence-electron chi connectivity index (χ3n) is 1.86. The van der Waals surface area contributed by atoms with Crippen LogP contribution in [0.5, 0.6) is 0 Å². The molecule has 0 saturated heterocycles. The minimum Gasteiger partial charge on any atom is -0.377 e. The summed E-state index contributed by atoms with van der Waals surface area (Å²) in [6, 6.07) is 3.58. The van der Waals surface area contributed by atoms with Gasteiger partial charge in [-0.2, -0.15) is 5.26 Å². The van der Waals surface area contributed by atoms with E-state index in [1.54, 1.807) is 12.3 Å². The quantitative estimate of drug-likeness (QED) is 0.802. The van der Waals surface area contributed by atoms with Crippen LogP contribution in [0.3, 0.4) is 0 Å². The number of nitriles is 1. The van der Waals surface area contributed by atoms with Crippen LogP contribution in [-0.4, -0.2) is 24.2 Å². The summed E-state index contributed by atoms with van der Waals surface area (Å²) in [5, 5.41) is 12.2. The normalized spacial score (nSPS) is 10.2. The van der Waals surface area contributed by atoms with Crippen LogP contribution in [0.25, 0.3) is 0 Å². The highest BCUT2D eigenvalue weighted by atomic mass is 35.5. The fourth-order valence-electron chi connectivity index (χ4n) is 1.12. The van der Waals surface area contributed by atoms with Crippen LogP contribution in [0.15, 0.2) is 12.3 Å². The second-order valence-corrected chi connectivity index (χ2v) is 3.86. The Bertz CT molecular complexity index is 387. The molecule has 5 heteroatoms. The van der Waals surface area contributed by atoms with E-state index < -0.39 is 0 Å². The van der Waals surface area contributed by atoms with Crippen LogP contribution in [-0.2, 0) is 4.74 Å². The number of pyridine rings is 1. The van der Waals surface area contributed by atoms with Crippen LogP contribution in [0, 0.1) is 11.3 Å². The Kier molecular flexibility index (Phi) is 5.03. The average Bonchev–Trinajstić information content (AvgIpc) is 2.26. The first-order valence-electron chi connectivity index (χ1n) is 5.05. The van der Waals surface area contributed by atoms with Crippen molar-refractivity contribution in [2.45, 2.75) is 20.0 Å². The smallest absolute Gasteiger partial charge is 0.146 e. The van der Waals surface area contributed by atoms with E-state index in [4.69, 9.17) is 21.6 Å². The first-order valence-corrected chi connectivity index (χ1v) is 5.43. The maximum absolute atomic E-state index is 8.77. The van der Waals surface area contributed by atoms with Crippen molar-refractivity contribution in [1.29, 1.82) is 5.26 Å². The van der Waals surface area contributed by atoms with Crippen molar-refractivity contribution < 1.29 is 4.74 Å². The molecule has 1 aromatic rings. The zero-order valence-corrected chi connectivity index (χ0v) is 10.1. The number of halogens is 1. The summed E-state index contributed by atoms with van der Waals surface area (Å²) in [4.78, 5) is 4.05. The topological polar surface area (TPSA) is 57.9 Å². The molecule has 0 spiro atoms. The fourth-order valence-corrected chi connectivity index (χ4v) is 1.34. The lowest BCUT2D eigenvalue weighted by atomic mass is 10.3. The molecule has 86 valence electrons. The number of ether oxygens (including phenoxy) is 1. The number of anilines is 1. The summed E-state index contributed by atoms with van der Waals surface area (Å²) < 4.78 is 5.36. The fraction of sp³-hybridized carbons (Fsp3) is 0.455. The van der Waals surface area contributed by atoms with Gasteiger partial charge in [0.25, 0.3) is 0 Å². The number of nitrogens with one attached hydrogen (secondary N) is 1. The lowest BCUT2D eigenvalue weighted by Gasteiger charge is -2.10. The first-order chi connectivity index (χ1) is 7.65. The van der Waals surface area contributed by atoms with Crippen molar-refractivity contribution in [2.24, 2.45) is 0 Å².